The number of anilines is 1. The van der Waals surface area contributed by atoms with Gasteiger partial charge < -0.3 is 5.32 Å². The molecule has 0 radical (unpaired) electrons. The standard InChI is InChI=1S/C17H26N6/c1-3-9-23-13-14(11-20-23)12-22-10-5-4-6-16(22)15-7-8-19-17(18-2)21-15/h7-8,11,13,16H,3-6,9-10,12H2,1-2H3,(H,18,19,21)/t16-/m1/s1. The smallest absolute Gasteiger partial charge is 0.222 e. The highest BCUT2D eigenvalue weighted by molar-refractivity contribution is 5.25. The first-order valence-corrected chi connectivity index (χ1v) is 8.56. The molecule has 0 saturated carbocycles. The molecule has 1 fully saturated rings. The van der Waals surface area contributed by atoms with E-state index in [2.05, 4.69) is 38.4 Å². The lowest BCUT2D eigenvalue weighted by molar-refractivity contribution is 0.137. The largest absolute Gasteiger partial charge is 0.357 e. The van der Waals surface area contributed by atoms with E-state index in [0.29, 0.717) is 12.0 Å². The van der Waals surface area contributed by atoms with Crippen LogP contribution in [0, 0.1) is 0 Å². The van der Waals surface area contributed by atoms with Crippen molar-refractivity contribution >= 4 is 5.95 Å². The van der Waals surface area contributed by atoms with E-state index < -0.39 is 0 Å². The molecule has 0 amide bonds. The molecule has 1 aliphatic rings. The summed E-state index contributed by atoms with van der Waals surface area (Å²) in [6.07, 6.45) is 10.8. The van der Waals surface area contributed by atoms with Crippen LogP contribution in [0.4, 0.5) is 5.95 Å². The minimum Gasteiger partial charge on any atom is -0.357 e. The number of aromatic nitrogens is 4. The molecule has 0 aliphatic carbocycles. The van der Waals surface area contributed by atoms with Crippen molar-refractivity contribution in [2.24, 2.45) is 0 Å². The van der Waals surface area contributed by atoms with Gasteiger partial charge in [0.05, 0.1) is 17.9 Å². The van der Waals surface area contributed by atoms with E-state index in [-0.39, 0.29) is 0 Å². The summed E-state index contributed by atoms with van der Waals surface area (Å²) in [5, 5.41) is 7.49. The number of likely N-dealkylation sites (tertiary alicyclic amines) is 1. The molecule has 1 aliphatic heterocycles. The summed E-state index contributed by atoms with van der Waals surface area (Å²) in [6, 6.07) is 2.41. The van der Waals surface area contributed by atoms with Gasteiger partial charge in [-0.15, -0.1) is 0 Å². The Morgan fingerprint density at radius 2 is 2.26 bits per heavy atom. The average Bonchev–Trinajstić information content (AvgIpc) is 3.03. The molecule has 0 bridgehead atoms. The highest BCUT2D eigenvalue weighted by Gasteiger charge is 2.25. The van der Waals surface area contributed by atoms with Crippen molar-refractivity contribution in [3.05, 3.63) is 35.9 Å². The number of hydrogen-bond donors (Lipinski definition) is 1. The normalized spacial score (nSPS) is 19.0. The summed E-state index contributed by atoms with van der Waals surface area (Å²) >= 11 is 0. The molecule has 2 aromatic heterocycles. The third-order valence-corrected chi connectivity index (χ3v) is 4.38. The number of aryl methyl sites for hydroxylation is 1. The number of piperidine rings is 1. The van der Waals surface area contributed by atoms with Gasteiger partial charge in [-0.1, -0.05) is 13.3 Å². The van der Waals surface area contributed by atoms with Crippen LogP contribution >= 0.6 is 0 Å². The lowest BCUT2D eigenvalue weighted by Crippen LogP contribution is -2.33. The van der Waals surface area contributed by atoms with Crippen LogP contribution in [0.3, 0.4) is 0 Å². The van der Waals surface area contributed by atoms with Gasteiger partial charge in [0.1, 0.15) is 0 Å². The molecule has 1 atom stereocenters. The van der Waals surface area contributed by atoms with Crippen LogP contribution in [0.1, 0.15) is 49.9 Å². The van der Waals surface area contributed by atoms with Crippen molar-refractivity contribution in [3.63, 3.8) is 0 Å². The second-order valence-electron chi connectivity index (χ2n) is 6.15. The summed E-state index contributed by atoms with van der Waals surface area (Å²) in [5.74, 6) is 0.698. The lowest BCUT2D eigenvalue weighted by Gasteiger charge is -2.35. The van der Waals surface area contributed by atoms with Gasteiger partial charge in [-0.3, -0.25) is 9.58 Å². The van der Waals surface area contributed by atoms with Crippen LogP contribution in [0.15, 0.2) is 24.7 Å². The van der Waals surface area contributed by atoms with Crippen molar-refractivity contribution in [1.82, 2.24) is 24.6 Å². The van der Waals surface area contributed by atoms with E-state index in [4.69, 9.17) is 0 Å². The summed E-state index contributed by atoms with van der Waals surface area (Å²) in [4.78, 5) is 11.4. The Hall–Kier alpha value is -1.95. The van der Waals surface area contributed by atoms with Gasteiger partial charge in [0.15, 0.2) is 0 Å². The first-order chi connectivity index (χ1) is 11.3. The van der Waals surface area contributed by atoms with E-state index in [1.807, 2.05) is 30.2 Å². The lowest BCUT2D eigenvalue weighted by atomic mass is 9.98. The number of nitrogens with one attached hydrogen (secondary N) is 1. The number of hydrogen-bond acceptors (Lipinski definition) is 5. The summed E-state index contributed by atoms with van der Waals surface area (Å²) < 4.78 is 2.04. The fraction of sp³-hybridized carbons (Fsp3) is 0.588. The molecule has 3 rings (SSSR count). The minimum absolute atomic E-state index is 0.369. The average molecular weight is 314 g/mol. The predicted molar refractivity (Wildman–Crippen MR) is 91.1 cm³/mol. The van der Waals surface area contributed by atoms with Crippen molar-refractivity contribution < 1.29 is 0 Å². The van der Waals surface area contributed by atoms with Crippen LogP contribution in [0.2, 0.25) is 0 Å². The summed E-state index contributed by atoms with van der Waals surface area (Å²) in [5.41, 5.74) is 2.40. The van der Waals surface area contributed by atoms with Gasteiger partial charge in [-0.2, -0.15) is 5.10 Å². The van der Waals surface area contributed by atoms with Crippen LogP contribution in [-0.2, 0) is 13.1 Å². The van der Waals surface area contributed by atoms with E-state index in [1.165, 1.54) is 18.4 Å². The highest BCUT2D eigenvalue weighted by Crippen LogP contribution is 2.31. The molecule has 124 valence electrons. The molecule has 3 heterocycles. The quantitative estimate of drug-likeness (QED) is 0.888. The minimum atomic E-state index is 0.369. The zero-order chi connectivity index (χ0) is 16.1. The predicted octanol–water partition coefficient (Wildman–Crippen LogP) is 2.85. The molecule has 0 unspecified atom stereocenters. The first-order valence-electron chi connectivity index (χ1n) is 8.56. The fourth-order valence-electron chi connectivity index (χ4n) is 3.27. The Morgan fingerprint density at radius 1 is 1.35 bits per heavy atom. The van der Waals surface area contributed by atoms with Crippen LogP contribution in [0.5, 0.6) is 0 Å². The van der Waals surface area contributed by atoms with Crippen molar-refractivity contribution in [3.8, 4) is 0 Å². The molecule has 2 aromatic rings. The molecule has 6 heteroatoms. The van der Waals surface area contributed by atoms with Gasteiger partial charge in [0.25, 0.3) is 0 Å². The molecule has 0 aromatic carbocycles. The second-order valence-corrected chi connectivity index (χ2v) is 6.15. The Labute approximate surface area is 137 Å². The van der Waals surface area contributed by atoms with Gasteiger partial charge in [0, 0.05) is 38.1 Å². The van der Waals surface area contributed by atoms with Gasteiger partial charge >= 0.3 is 0 Å². The van der Waals surface area contributed by atoms with Crippen molar-refractivity contribution in [2.45, 2.75) is 51.7 Å². The number of rotatable bonds is 6. The maximum Gasteiger partial charge on any atom is 0.222 e. The number of nitrogens with zero attached hydrogens (tertiary/aromatic N) is 5. The van der Waals surface area contributed by atoms with E-state index in [0.717, 1.165) is 38.2 Å². The Morgan fingerprint density at radius 3 is 3.09 bits per heavy atom. The summed E-state index contributed by atoms with van der Waals surface area (Å²) in [6.45, 7) is 5.22. The summed E-state index contributed by atoms with van der Waals surface area (Å²) in [7, 11) is 1.86. The van der Waals surface area contributed by atoms with Crippen molar-refractivity contribution in [2.75, 3.05) is 18.9 Å². The zero-order valence-electron chi connectivity index (χ0n) is 14.1. The SMILES string of the molecule is CCCn1cc(CN2CCCC[C@@H]2c2ccnc(NC)n2)cn1. The van der Waals surface area contributed by atoms with Crippen LogP contribution < -0.4 is 5.32 Å². The molecule has 0 spiro atoms. The Kier molecular flexibility index (Phi) is 5.23. The molecular weight excluding hydrogens is 288 g/mol. The Bertz CT molecular complexity index is 623. The third kappa shape index (κ3) is 3.88. The Balaban J connectivity index is 1.75. The highest BCUT2D eigenvalue weighted by atomic mass is 15.3. The monoisotopic (exact) mass is 314 g/mol. The van der Waals surface area contributed by atoms with E-state index >= 15 is 0 Å². The van der Waals surface area contributed by atoms with E-state index in [9.17, 15) is 0 Å². The zero-order valence-corrected chi connectivity index (χ0v) is 14.1. The van der Waals surface area contributed by atoms with Crippen LogP contribution in [-0.4, -0.2) is 38.2 Å². The topological polar surface area (TPSA) is 58.9 Å². The second kappa shape index (κ2) is 7.55. The molecular formula is C17H26N6. The fourth-order valence-corrected chi connectivity index (χ4v) is 3.27. The van der Waals surface area contributed by atoms with E-state index in [1.54, 1.807) is 0 Å². The van der Waals surface area contributed by atoms with Gasteiger partial charge in [0.2, 0.25) is 5.95 Å². The van der Waals surface area contributed by atoms with Crippen LogP contribution in [0.25, 0.3) is 0 Å². The van der Waals surface area contributed by atoms with Crippen molar-refractivity contribution in [1.29, 1.82) is 0 Å². The maximum absolute atomic E-state index is 4.66. The maximum atomic E-state index is 4.66. The third-order valence-electron chi connectivity index (χ3n) is 4.38. The molecule has 1 saturated heterocycles. The van der Waals surface area contributed by atoms with Gasteiger partial charge in [-0.05, 0) is 31.9 Å². The molecule has 1 N–H and O–H groups in total. The van der Waals surface area contributed by atoms with Gasteiger partial charge in [-0.25, -0.2) is 9.97 Å². The first kappa shape index (κ1) is 15.9. The molecule has 23 heavy (non-hydrogen) atoms. The molecule has 6 nitrogen and oxygen atoms in total.